The fourth-order valence-electron chi connectivity index (χ4n) is 3.07. The normalized spacial score (nSPS) is 15.5. The lowest BCUT2D eigenvalue weighted by molar-refractivity contribution is -0.131. The summed E-state index contributed by atoms with van der Waals surface area (Å²) in [4.78, 5) is 21.0. The van der Waals surface area contributed by atoms with Crippen molar-refractivity contribution in [2.24, 2.45) is 0 Å². The van der Waals surface area contributed by atoms with Crippen LogP contribution in [0.3, 0.4) is 0 Å². The van der Waals surface area contributed by atoms with Gasteiger partial charge in [-0.25, -0.2) is 4.39 Å². The number of amides is 1. The summed E-state index contributed by atoms with van der Waals surface area (Å²) in [6.45, 7) is 4.22. The van der Waals surface area contributed by atoms with Crippen LogP contribution in [0.25, 0.3) is 0 Å². The van der Waals surface area contributed by atoms with Gasteiger partial charge >= 0.3 is 0 Å². The van der Waals surface area contributed by atoms with Gasteiger partial charge in [0.2, 0.25) is 5.91 Å². The summed E-state index contributed by atoms with van der Waals surface area (Å²) in [6, 6.07) is 12.2. The first kappa shape index (κ1) is 18.3. The van der Waals surface area contributed by atoms with Crippen LogP contribution >= 0.6 is 0 Å². The number of hydrogen-bond donors (Lipinski definition) is 0. The monoisotopic (exact) mass is 357 g/mol. The van der Waals surface area contributed by atoms with Crippen LogP contribution in [0.15, 0.2) is 48.7 Å². The predicted molar refractivity (Wildman–Crippen MR) is 97.2 cm³/mol. The Morgan fingerprint density at radius 3 is 2.73 bits per heavy atom. The zero-order valence-electron chi connectivity index (χ0n) is 14.8. The molecule has 1 aromatic heterocycles. The van der Waals surface area contributed by atoms with Crippen LogP contribution in [-0.4, -0.2) is 53.5 Å². The molecule has 0 atom stereocenters. The largest absolute Gasteiger partial charge is 0.490 e. The van der Waals surface area contributed by atoms with E-state index in [0.29, 0.717) is 6.54 Å². The minimum atomic E-state index is -0.403. The summed E-state index contributed by atoms with van der Waals surface area (Å²) in [5, 5.41) is 0. The zero-order valence-corrected chi connectivity index (χ0v) is 14.8. The van der Waals surface area contributed by atoms with Gasteiger partial charge in [0, 0.05) is 38.9 Å². The van der Waals surface area contributed by atoms with Gasteiger partial charge in [0.1, 0.15) is 0 Å². The van der Waals surface area contributed by atoms with E-state index in [4.69, 9.17) is 4.74 Å². The standard InChI is InChI=1S/C20H24FN3O2/c21-18-7-1-2-8-19(18)26-15-9-20(25)24-12-5-11-23(13-14-24)16-17-6-3-4-10-22-17/h1-4,6-8,10H,5,9,11-16H2. The fraction of sp³-hybridized carbons (Fsp3) is 0.400. The molecule has 138 valence electrons. The maximum atomic E-state index is 13.5. The molecular formula is C20H24FN3O2. The predicted octanol–water partition coefficient (Wildman–Crippen LogP) is 2.72. The van der Waals surface area contributed by atoms with Crippen LogP contribution in [0.5, 0.6) is 5.75 Å². The van der Waals surface area contributed by atoms with Gasteiger partial charge in [0.25, 0.3) is 0 Å². The lowest BCUT2D eigenvalue weighted by Gasteiger charge is -2.22. The van der Waals surface area contributed by atoms with E-state index in [2.05, 4.69) is 9.88 Å². The quantitative estimate of drug-likeness (QED) is 0.797. The van der Waals surface area contributed by atoms with Gasteiger partial charge in [-0.2, -0.15) is 0 Å². The number of carbonyl (C=O) groups excluding carboxylic acids is 1. The topological polar surface area (TPSA) is 45.7 Å². The van der Waals surface area contributed by atoms with Crippen molar-refractivity contribution >= 4 is 5.91 Å². The highest BCUT2D eigenvalue weighted by molar-refractivity contribution is 5.76. The number of nitrogens with zero attached hydrogens (tertiary/aromatic N) is 3. The molecule has 0 spiro atoms. The van der Waals surface area contributed by atoms with Crippen LogP contribution < -0.4 is 4.74 Å². The van der Waals surface area contributed by atoms with Crippen molar-refractivity contribution in [3.05, 3.63) is 60.2 Å². The van der Waals surface area contributed by atoms with Crippen molar-refractivity contribution < 1.29 is 13.9 Å². The second-order valence-corrected chi connectivity index (χ2v) is 6.36. The van der Waals surface area contributed by atoms with Crippen molar-refractivity contribution in [2.45, 2.75) is 19.4 Å². The second kappa shape index (κ2) is 9.29. The molecule has 0 N–H and O–H groups in total. The summed E-state index contributed by atoms with van der Waals surface area (Å²) in [5.74, 6) is -0.154. The molecule has 3 rings (SSSR count). The molecule has 1 amide bonds. The third-order valence-corrected chi connectivity index (χ3v) is 4.46. The van der Waals surface area contributed by atoms with E-state index >= 15 is 0 Å². The molecule has 1 aromatic carbocycles. The Hall–Kier alpha value is -2.47. The molecule has 6 heteroatoms. The third-order valence-electron chi connectivity index (χ3n) is 4.46. The molecule has 0 aliphatic carbocycles. The molecular weight excluding hydrogens is 333 g/mol. The first-order chi connectivity index (χ1) is 12.7. The Morgan fingerprint density at radius 2 is 1.92 bits per heavy atom. The molecule has 1 aliphatic heterocycles. The van der Waals surface area contributed by atoms with E-state index in [1.807, 2.05) is 23.1 Å². The van der Waals surface area contributed by atoms with Crippen molar-refractivity contribution in [2.75, 3.05) is 32.8 Å². The van der Waals surface area contributed by atoms with Crippen molar-refractivity contribution in [1.29, 1.82) is 0 Å². The molecule has 0 bridgehead atoms. The number of para-hydroxylation sites is 1. The maximum Gasteiger partial charge on any atom is 0.226 e. The summed E-state index contributed by atoms with van der Waals surface area (Å²) >= 11 is 0. The minimum absolute atomic E-state index is 0.0565. The molecule has 1 fully saturated rings. The molecule has 0 saturated carbocycles. The highest BCUT2D eigenvalue weighted by atomic mass is 19.1. The van der Waals surface area contributed by atoms with E-state index in [-0.39, 0.29) is 24.7 Å². The number of rotatable bonds is 6. The van der Waals surface area contributed by atoms with Crippen LogP contribution in [0.4, 0.5) is 4.39 Å². The number of halogens is 1. The van der Waals surface area contributed by atoms with Crippen LogP contribution in [0, 0.1) is 5.82 Å². The summed E-state index contributed by atoms with van der Waals surface area (Å²) in [5.41, 5.74) is 1.05. The van der Waals surface area contributed by atoms with Crippen molar-refractivity contribution in [3.63, 3.8) is 0 Å². The average molecular weight is 357 g/mol. The number of carbonyl (C=O) groups is 1. The molecule has 0 radical (unpaired) electrons. The molecule has 26 heavy (non-hydrogen) atoms. The molecule has 2 heterocycles. The van der Waals surface area contributed by atoms with Crippen LogP contribution in [0.2, 0.25) is 0 Å². The Morgan fingerprint density at radius 1 is 1.08 bits per heavy atom. The smallest absolute Gasteiger partial charge is 0.226 e. The Balaban J connectivity index is 1.43. The maximum absolute atomic E-state index is 13.5. The first-order valence-electron chi connectivity index (χ1n) is 9.00. The lowest BCUT2D eigenvalue weighted by Crippen LogP contribution is -2.35. The second-order valence-electron chi connectivity index (χ2n) is 6.36. The first-order valence-corrected chi connectivity index (χ1v) is 9.00. The summed E-state index contributed by atoms with van der Waals surface area (Å²) in [7, 11) is 0. The highest BCUT2D eigenvalue weighted by Crippen LogP contribution is 2.16. The SMILES string of the molecule is O=C(CCOc1ccccc1F)N1CCCN(Cc2ccccn2)CC1. The van der Waals surface area contributed by atoms with Crippen molar-refractivity contribution in [3.8, 4) is 5.75 Å². The van der Waals surface area contributed by atoms with E-state index in [1.54, 1.807) is 24.4 Å². The van der Waals surface area contributed by atoms with Gasteiger partial charge in [-0.05, 0) is 30.7 Å². The fourth-order valence-corrected chi connectivity index (χ4v) is 3.07. The molecule has 1 aliphatic rings. The van der Waals surface area contributed by atoms with Gasteiger partial charge < -0.3 is 9.64 Å². The summed E-state index contributed by atoms with van der Waals surface area (Å²) < 4.78 is 18.9. The Kier molecular flexibility index (Phi) is 6.55. The minimum Gasteiger partial charge on any atom is -0.490 e. The van der Waals surface area contributed by atoms with E-state index < -0.39 is 5.82 Å². The number of ether oxygens (including phenoxy) is 1. The number of pyridine rings is 1. The number of aromatic nitrogens is 1. The Labute approximate surface area is 153 Å². The van der Waals surface area contributed by atoms with E-state index in [9.17, 15) is 9.18 Å². The highest BCUT2D eigenvalue weighted by Gasteiger charge is 2.19. The number of benzene rings is 1. The lowest BCUT2D eigenvalue weighted by atomic mass is 10.3. The zero-order chi connectivity index (χ0) is 18.2. The van der Waals surface area contributed by atoms with Gasteiger partial charge in [-0.1, -0.05) is 18.2 Å². The van der Waals surface area contributed by atoms with E-state index in [1.165, 1.54) is 6.07 Å². The molecule has 2 aromatic rings. The van der Waals surface area contributed by atoms with Gasteiger partial charge in [-0.3, -0.25) is 14.7 Å². The van der Waals surface area contributed by atoms with Crippen molar-refractivity contribution in [1.82, 2.24) is 14.8 Å². The van der Waals surface area contributed by atoms with Crippen LogP contribution in [0.1, 0.15) is 18.5 Å². The van der Waals surface area contributed by atoms with Gasteiger partial charge in [-0.15, -0.1) is 0 Å². The Bertz CT molecular complexity index is 711. The third kappa shape index (κ3) is 5.26. The number of hydrogen-bond acceptors (Lipinski definition) is 4. The average Bonchev–Trinajstić information content (AvgIpc) is 2.90. The van der Waals surface area contributed by atoms with E-state index in [0.717, 1.165) is 38.3 Å². The van der Waals surface area contributed by atoms with Gasteiger partial charge in [0.15, 0.2) is 11.6 Å². The van der Waals surface area contributed by atoms with Gasteiger partial charge in [0.05, 0.1) is 18.7 Å². The van der Waals surface area contributed by atoms with Crippen LogP contribution in [-0.2, 0) is 11.3 Å². The molecule has 0 unspecified atom stereocenters. The summed E-state index contributed by atoms with van der Waals surface area (Å²) in [6.07, 6.45) is 3.00. The molecule has 1 saturated heterocycles. The molecule has 5 nitrogen and oxygen atoms in total.